The molecule has 3 nitrogen and oxygen atoms in total. The van der Waals surface area contributed by atoms with Crippen LogP contribution in [0.2, 0.25) is 0 Å². The lowest BCUT2D eigenvalue weighted by Gasteiger charge is -2.14. The lowest BCUT2D eigenvalue weighted by atomic mass is 9.92. The SMILES string of the molecule is c1ccc(-c2nc(-c3ccccc3-c3ccc(-c4ccccc4-c4ccccc4)cc3)nc(-c3cccc4c3sc3ccccc34)n2)cc1. The van der Waals surface area contributed by atoms with Crippen LogP contribution in [0.3, 0.4) is 0 Å². The van der Waals surface area contributed by atoms with E-state index in [1.54, 1.807) is 11.3 Å². The normalized spacial score (nSPS) is 11.3. The molecule has 0 unspecified atom stereocenters. The summed E-state index contributed by atoms with van der Waals surface area (Å²) < 4.78 is 2.43. The molecular formula is C45H29N3S. The van der Waals surface area contributed by atoms with Crippen molar-refractivity contribution in [1.29, 1.82) is 0 Å². The van der Waals surface area contributed by atoms with E-state index >= 15 is 0 Å². The fraction of sp³-hybridized carbons (Fsp3) is 0. The molecule has 0 bridgehead atoms. The number of hydrogen-bond donors (Lipinski definition) is 0. The third-order valence-electron chi connectivity index (χ3n) is 9.00. The molecule has 0 aliphatic heterocycles. The van der Waals surface area contributed by atoms with Gasteiger partial charge in [-0.15, -0.1) is 11.3 Å². The van der Waals surface area contributed by atoms with Gasteiger partial charge in [0.15, 0.2) is 17.5 Å². The fourth-order valence-electron chi connectivity index (χ4n) is 6.62. The summed E-state index contributed by atoms with van der Waals surface area (Å²) in [4.78, 5) is 15.4. The molecule has 0 radical (unpaired) electrons. The fourth-order valence-corrected chi connectivity index (χ4v) is 7.83. The Morgan fingerprint density at radius 2 is 0.714 bits per heavy atom. The molecule has 0 aliphatic rings. The van der Waals surface area contributed by atoms with E-state index in [0.717, 1.165) is 27.8 Å². The third kappa shape index (κ3) is 5.38. The average molecular weight is 644 g/mol. The summed E-state index contributed by atoms with van der Waals surface area (Å²) in [7, 11) is 0. The van der Waals surface area contributed by atoms with Crippen LogP contribution in [0.25, 0.3) is 87.7 Å². The molecule has 49 heavy (non-hydrogen) atoms. The molecule has 7 aromatic carbocycles. The van der Waals surface area contributed by atoms with Crippen molar-refractivity contribution < 1.29 is 0 Å². The number of rotatable bonds is 6. The Labute approximate surface area is 288 Å². The molecule has 9 rings (SSSR count). The largest absolute Gasteiger partial charge is 0.208 e. The van der Waals surface area contributed by atoms with Crippen LogP contribution in [-0.4, -0.2) is 15.0 Å². The number of fused-ring (bicyclic) bond motifs is 3. The highest BCUT2D eigenvalue weighted by Crippen LogP contribution is 2.40. The smallest absolute Gasteiger partial charge is 0.165 e. The van der Waals surface area contributed by atoms with Crippen LogP contribution in [0.5, 0.6) is 0 Å². The van der Waals surface area contributed by atoms with Gasteiger partial charge < -0.3 is 0 Å². The molecule has 2 heterocycles. The van der Waals surface area contributed by atoms with Gasteiger partial charge in [0.05, 0.1) is 0 Å². The second kappa shape index (κ2) is 12.4. The number of nitrogens with zero attached hydrogens (tertiary/aromatic N) is 3. The van der Waals surface area contributed by atoms with Crippen molar-refractivity contribution >= 4 is 31.5 Å². The summed E-state index contributed by atoms with van der Waals surface area (Å²) in [5.74, 6) is 1.97. The van der Waals surface area contributed by atoms with Gasteiger partial charge in [0, 0.05) is 36.9 Å². The molecule has 0 amide bonds. The van der Waals surface area contributed by atoms with E-state index in [2.05, 4.69) is 158 Å². The molecule has 2 aromatic heterocycles. The maximum atomic E-state index is 5.20. The molecule has 0 atom stereocenters. The minimum atomic E-state index is 0.649. The van der Waals surface area contributed by atoms with Crippen LogP contribution in [0.4, 0.5) is 0 Å². The zero-order valence-electron chi connectivity index (χ0n) is 26.5. The maximum Gasteiger partial charge on any atom is 0.165 e. The van der Waals surface area contributed by atoms with E-state index < -0.39 is 0 Å². The van der Waals surface area contributed by atoms with Crippen LogP contribution < -0.4 is 0 Å². The zero-order valence-corrected chi connectivity index (χ0v) is 27.3. The van der Waals surface area contributed by atoms with Gasteiger partial charge >= 0.3 is 0 Å². The first-order valence-corrected chi connectivity index (χ1v) is 17.2. The second-order valence-corrected chi connectivity index (χ2v) is 13.0. The lowest BCUT2D eigenvalue weighted by molar-refractivity contribution is 1.08. The predicted octanol–water partition coefficient (Wildman–Crippen LogP) is 12.2. The molecule has 9 aromatic rings. The minimum absolute atomic E-state index is 0.649. The second-order valence-electron chi connectivity index (χ2n) is 12.0. The van der Waals surface area contributed by atoms with Crippen molar-refractivity contribution in [3.05, 3.63) is 176 Å². The van der Waals surface area contributed by atoms with Crippen molar-refractivity contribution in [2.24, 2.45) is 0 Å². The summed E-state index contributed by atoms with van der Waals surface area (Å²) in [5.41, 5.74) is 9.91. The van der Waals surface area contributed by atoms with Gasteiger partial charge in [-0.3, -0.25) is 0 Å². The molecule has 0 aliphatic carbocycles. The van der Waals surface area contributed by atoms with E-state index in [1.165, 1.54) is 42.4 Å². The van der Waals surface area contributed by atoms with E-state index in [1.807, 2.05) is 18.2 Å². The zero-order chi connectivity index (χ0) is 32.6. The molecule has 0 saturated heterocycles. The van der Waals surface area contributed by atoms with Gasteiger partial charge in [-0.25, -0.2) is 15.0 Å². The Balaban J connectivity index is 1.18. The van der Waals surface area contributed by atoms with Crippen molar-refractivity contribution in [1.82, 2.24) is 15.0 Å². The van der Waals surface area contributed by atoms with Crippen molar-refractivity contribution in [2.45, 2.75) is 0 Å². The van der Waals surface area contributed by atoms with Gasteiger partial charge in [0.2, 0.25) is 0 Å². The van der Waals surface area contributed by atoms with E-state index in [-0.39, 0.29) is 0 Å². The first-order valence-electron chi connectivity index (χ1n) is 16.4. The van der Waals surface area contributed by atoms with Crippen LogP contribution in [0.1, 0.15) is 0 Å². The van der Waals surface area contributed by atoms with Gasteiger partial charge in [-0.05, 0) is 45.5 Å². The topological polar surface area (TPSA) is 38.7 Å². The summed E-state index contributed by atoms with van der Waals surface area (Å²) in [6, 6.07) is 61.5. The molecule has 4 heteroatoms. The Kier molecular flexibility index (Phi) is 7.34. The van der Waals surface area contributed by atoms with Crippen LogP contribution in [0.15, 0.2) is 176 Å². The molecule has 0 spiro atoms. The number of aromatic nitrogens is 3. The summed E-state index contributed by atoms with van der Waals surface area (Å²) in [6.07, 6.45) is 0. The molecule has 0 saturated carbocycles. The van der Waals surface area contributed by atoms with Crippen LogP contribution >= 0.6 is 11.3 Å². The highest BCUT2D eigenvalue weighted by atomic mass is 32.1. The van der Waals surface area contributed by atoms with Crippen LogP contribution in [-0.2, 0) is 0 Å². The summed E-state index contributed by atoms with van der Waals surface area (Å²) >= 11 is 1.79. The standard InChI is InChI=1S/C45H29N3S/c1-3-14-30(15-4-1)34-18-7-8-19-35(34)31-26-28-32(29-27-31)36-20-9-10-22-39(36)44-46-43(33-16-5-2-6-17-33)47-45(48-44)40-24-13-23-38-37-21-11-12-25-41(37)49-42(38)40/h1-29H. The summed E-state index contributed by atoms with van der Waals surface area (Å²) in [6.45, 7) is 0. The first kappa shape index (κ1) is 29.0. The number of benzene rings is 7. The molecule has 0 fully saturated rings. The Bertz CT molecular complexity index is 2590. The highest BCUT2D eigenvalue weighted by molar-refractivity contribution is 7.26. The monoisotopic (exact) mass is 643 g/mol. The average Bonchev–Trinajstić information content (AvgIpc) is 3.58. The Morgan fingerprint density at radius 3 is 1.37 bits per heavy atom. The quantitative estimate of drug-likeness (QED) is 0.181. The molecular weight excluding hydrogens is 615 g/mol. The van der Waals surface area contributed by atoms with Crippen LogP contribution in [0, 0.1) is 0 Å². The predicted molar refractivity (Wildman–Crippen MR) is 205 cm³/mol. The number of hydrogen-bond acceptors (Lipinski definition) is 4. The maximum absolute atomic E-state index is 5.20. The van der Waals surface area contributed by atoms with E-state index in [4.69, 9.17) is 15.0 Å². The van der Waals surface area contributed by atoms with Crippen molar-refractivity contribution in [3.8, 4) is 67.5 Å². The van der Waals surface area contributed by atoms with Crippen molar-refractivity contribution in [2.75, 3.05) is 0 Å². The Morgan fingerprint density at radius 1 is 0.286 bits per heavy atom. The van der Waals surface area contributed by atoms with E-state index in [0.29, 0.717) is 17.5 Å². The van der Waals surface area contributed by atoms with Crippen molar-refractivity contribution in [3.63, 3.8) is 0 Å². The summed E-state index contributed by atoms with van der Waals surface area (Å²) in [5, 5.41) is 2.47. The molecule has 230 valence electrons. The van der Waals surface area contributed by atoms with Gasteiger partial charge in [0.1, 0.15) is 0 Å². The minimum Gasteiger partial charge on any atom is -0.208 e. The number of thiophene rings is 1. The van der Waals surface area contributed by atoms with Gasteiger partial charge in [0.25, 0.3) is 0 Å². The highest BCUT2D eigenvalue weighted by Gasteiger charge is 2.18. The first-order chi connectivity index (χ1) is 24.3. The Hall–Kier alpha value is -6.23. The molecule has 0 N–H and O–H groups in total. The van der Waals surface area contributed by atoms with Gasteiger partial charge in [-0.1, -0.05) is 164 Å². The van der Waals surface area contributed by atoms with E-state index in [9.17, 15) is 0 Å². The third-order valence-corrected chi connectivity index (χ3v) is 10.2. The lowest BCUT2D eigenvalue weighted by Crippen LogP contribution is -2.01. The van der Waals surface area contributed by atoms with Gasteiger partial charge in [-0.2, -0.15) is 0 Å².